The topological polar surface area (TPSA) is 33.3 Å². The first-order valence-electron chi connectivity index (χ1n) is 5.70. The van der Waals surface area contributed by atoms with Gasteiger partial charge < -0.3 is 15.4 Å². The van der Waals surface area contributed by atoms with E-state index in [1.54, 1.807) is 6.07 Å². The van der Waals surface area contributed by atoms with Gasteiger partial charge in [-0.3, -0.25) is 0 Å². The van der Waals surface area contributed by atoms with Crippen molar-refractivity contribution in [3.8, 4) is 0 Å². The summed E-state index contributed by atoms with van der Waals surface area (Å²) in [6.07, 6.45) is 0.861. The lowest BCUT2D eigenvalue weighted by molar-refractivity contribution is 0.146. The van der Waals surface area contributed by atoms with E-state index in [1.807, 2.05) is 6.92 Å². The third-order valence-electron chi connectivity index (χ3n) is 2.08. The van der Waals surface area contributed by atoms with Crippen molar-refractivity contribution < 1.29 is 9.13 Å². The standard InChI is InChI=1S/C12H16ClFN2OS/c1-2-17-5-3-4-15-12(18)16-11-7-9(13)6-10(14)8-11/h6-8H,2-5H2,1H3,(H2,15,16,18). The molecule has 100 valence electrons. The smallest absolute Gasteiger partial charge is 0.170 e. The molecule has 0 fully saturated rings. The van der Waals surface area contributed by atoms with Crippen molar-refractivity contribution >= 4 is 34.6 Å². The Morgan fingerprint density at radius 1 is 1.44 bits per heavy atom. The fourth-order valence-electron chi connectivity index (χ4n) is 1.32. The van der Waals surface area contributed by atoms with Crippen LogP contribution in [-0.4, -0.2) is 24.9 Å². The van der Waals surface area contributed by atoms with E-state index in [1.165, 1.54) is 12.1 Å². The van der Waals surface area contributed by atoms with Crippen LogP contribution in [0.3, 0.4) is 0 Å². The first-order valence-corrected chi connectivity index (χ1v) is 6.49. The summed E-state index contributed by atoms with van der Waals surface area (Å²) in [4.78, 5) is 0. The molecule has 0 saturated carbocycles. The molecule has 0 aliphatic heterocycles. The highest BCUT2D eigenvalue weighted by Crippen LogP contribution is 2.17. The number of halogens is 2. The van der Waals surface area contributed by atoms with E-state index in [9.17, 15) is 4.39 Å². The minimum atomic E-state index is -0.399. The van der Waals surface area contributed by atoms with Gasteiger partial charge in [-0.1, -0.05) is 11.6 Å². The first-order chi connectivity index (χ1) is 8.61. The molecule has 3 nitrogen and oxygen atoms in total. The molecule has 1 aromatic rings. The highest BCUT2D eigenvalue weighted by molar-refractivity contribution is 7.80. The van der Waals surface area contributed by atoms with Crippen LogP contribution < -0.4 is 10.6 Å². The second kappa shape index (κ2) is 8.24. The normalized spacial score (nSPS) is 10.2. The van der Waals surface area contributed by atoms with Crippen LogP contribution in [0.1, 0.15) is 13.3 Å². The van der Waals surface area contributed by atoms with Gasteiger partial charge in [-0.2, -0.15) is 0 Å². The lowest BCUT2D eigenvalue weighted by Gasteiger charge is -2.10. The summed E-state index contributed by atoms with van der Waals surface area (Å²) >= 11 is 10.8. The summed E-state index contributed by atoms with van der Waals surface area (Å²) in [6.45, 7) is 4.06. The van der Waals surface area contributed by atoms with E-state index in [4.69, 9.17) is 28.6 Å². The third-order valence-corrected chi connectivity index (χ3v) is 2.54. The zero-order valence-electron chi connectivity index (χ0n) is 10.1. The molecule has 18 heavy (non-hydrogen) atoms. The van der Waals surface area contributed by atoms with E-state index < -0.39 is 5.82 Å². The minimum absolute atomic E-state index is 0.330. The summed E-state index contributed by atoms with van der Waals surface area (Å²) in [5.74, 6) is -0.399. The van der Waals surface area contributed by atoms with Gasteiger partial charge >= 0.3 is 0 Å². The van der Waals surface area contributed by atoms with Crippen LogP contribution in [0.2, 0.25) is 5.02 Å². The Balaban J connectivity index is 2.31. The number of anilines is 1. The van der Waals surface area contributed by atoms with Crippen molar-refractivity contribution in [2.24, 2.45) is 0 Å². The van der Waals surface area contributed by atoms with E-state index in [2.05, 4.69) is 10.6 Å². The van der Waals surface area contributed by atoms with Crippen molar-refractivity contribution in [3.05, 3.63) is 29.0 Å². The zero-order chi connectivity index (χ0) is 13.4. The van der Waals surface area contributed by atoms with Crippen LogP contribution >= 0.6 is 23.8 Å². The summed E-state index contributed by atoms with van der Waals surface area (Å²) in [5, 5.41) is 6.64. The number of hydrogen-bond acceptors (Lipinski definition) is 2. The number of rotatable bonds is 6. The average Bonchev–Trinajstić information content (AvgIpc) is 2.27. The number of nitrogens with one attached hydrogen (secondary N) is 2. The van der Waals surface area contributed by atoms with Gasteiger partial charge in [0.1, 0.15) is 5.82 Å². The Kier molecular flexibility index (Phi) is 6.93. The van der Waals surface area contributed by atoms with Crippen molar-refractivity contribution in [1.82, 2.24) is 5.32 Å². The fourth-order valence-corrected chi connectivity index (χ4v) is 1.76. The molecule has 0 heterocycles. The Hall–Kier alpha value is -0.910. The maximum Gasteiger partial charge on any atom is 0.170 e. The van der Waals surface area contributed by atoms with Crippen LogP contribution in [0.4, 0.5) is 10.1 Å². The summed E-state index contributed by atoms with van der Waals surface area (Å²) < 4.78 is 18.3. The second-order valence-electron chi connectivity index (χ2n) is 3.59. The summed E-state index contributed by atoms with van der Waals surface area (Å²) in [5.41, 5.74) is 0.530. The van der Waals surface area contributed by atoms with Crippen molar-refractivity contribution in [2.45, 2.75) is 13.3 Å². The second-order valence-corrected chi connectivity index (χ2v) is 4.43. The predicted molar refractivity (Wildman–Crippen MR) is 76.7 cm³/mol. The molecule has 0 aliphatic carbocycles. The SMILES string of the molecule is CCOCCCNC(=S)Nc1cc(F)cc(Cl)c1. The highest BCUT2D eigenvalue weighted by atomic mass is 35.5. The molecule has 0 spiro atoms. The van der Waals surface area contributed by atoms with Crippen molar-refractivity contribution in [2.75, 3.05) is 25.1 Å². The zero-order valence-corrected chi connectivity index (χ0v) is 11.7. The van der Waals surface area contributed by atoms with Gasteiger partial charge in [0.15, 0.2) is 5.11 Å². The molecule has 0 aliphatic rings. The monoisotopic (exact) mass is 290 g/mol. The van der Waals surface area contributed by atoms with Crippen LogP contribution in [0.15, 0.2) is 18.2 Å². The number of ether oxygens (including phenoxy) is 1. The Labute approximate surface area is 117 Å². The van der Waals surface area contributed by atoms with Gasteiger partial charge in [-0.05, 0) is 43.8 Å². The van der Waals surface area contributed by atoms with E-state index in [-0.39, 0.29) is 0 Å². The minimum Gasteiger partial charge on any atom is -0.382 e. The molecule has 0 bridgehead atoms. The summed E-state index contributed by atoms with van der Waals surface area (Å²) in [6, 6.07) is 4.18. The molecule has 0 radical (unpaired) electrons. The lowest BCUT2D eigenvalue weighted by atomic mass is 10.3. The number of hydrogen-bond donors (Lipinski definition) is 2. The maximum absolute atomic E-state index is 13.1. The van der Waals surface area contributed by atoms with Gasteiger partial charge in [-0.25, -0.2) is 4.39 Å². The van der Waals surface area contributed by atoms with E-state index in [0.29, 0.717) is 35.6 Å². The average molecular weight is 291 g/mol. The number of benzene rings is 1. The van der Waals surface area contributed by atoms with Crippen molar-refractivity contribution in [1.29, 1.82) is 0 Å². The molecule has 0 unspecified atom stereocenters. The third kappa shape index (κ3) is 6.14. The first kappa shape index (κ1) is 15.1. The molecule has 2 N–H and O–H groups in total. The predicted octanol–water partition coefficient (Wildman–Crippen LogP) is 3.19. The molecule has 0 atom stereocenters. The van der Waals surface area contributed by atoms with E-state index in [0.717, 1.165) is 6.42 Å². The van der Waals surface area contributed by atoms with Gasteiger partial charge in [0.05, 0.1) is 0 Å². The molecular formula is C12H16ClFN2OS. The Morgan fingerprint density at radius 2 is 2.22 bits per heavy atom. The van der Waals surface area contributed by atoms with E-state index >= 15 is 0 Å². The molecule has 0 amide bonds. The summed E-state index contributed by atoms with van der Waals surface area (Å²) in [7, 11) is 0. The highest BCUT2D eigenvalue weighted by Gasteiger charge is 2.01. The fraction of sp³-hybridized carbons (Fsp3) is 0.417. The molecule has 1 rings (SSSR count). The van der Waals surface area contributed by atoms with Crippen molar-refractivity contribution in [3.63, 3.8) is 0 Å². The molecule has 0 aromatic heterocycles. The Bertz CT molecular complexity index is 383. The maximum atomic E-state index is 13.1. The largest absolute Gasteiger partial charge is 0.382 e. The number of thiocarbonyl (C=S) groups is 1. The quantitative estimate of drug-likeness (QED) is 0.623. The Morgan fingerprint density at radius 3 is 2.89 bits per heavy atom. The lowest BCUT2D eigenvalue weighted by Crippen LogP contribution is -2.29. The van der Waals surface area contributed by atoms with Gasteiger partial charge in [0.2, 0.25) is 0 Å². The van der Waals surface area contributed by atoms with Crippen LogP contribution in [0.5, 0.6) is 0 Å². The molecular weight excluding hydrogens is 275 g/mol. The van der Waals surface area contributed by atoms with Gasteiger partial charge in [0.25, 0.3) is 0 Å². The molecule has 0 saturated heterocycles. The van der Waals surface area contributed by atoms with Gasteiger partial charge in [-0.15, -0.1) is 0 Å². The van der Waals surface area contributed by atoms with Gasteiger partial charge in [0, 0.05) is 30.5 Å². The van der Waals surface area contributed by atoms with Crippen LogP contribution in [0.25, 0.3) is 0 Å². The van der Waals surface area contributed by atoms with Crippen LogP contribution in [0, 0.1) is 5.82 Å². The van der Waals surface area contributed by atoms with Crippen LogP contribution in [-0.2, 0) is 4.74 Å². The molecule has 6 heteroatoms. The molecule has 1 aromatic carbocycles.